The Morgan fingerprint density at radius 3 is 2.77 bits per heavy atom. The molecule has 43 heavy (non-hydrogen) atoms. The number of aliphatic hydroxyl groups excluding tert-OH is 1. The smallest absolute Gasteiger partial charge is 0.142 e. The van der Waals surface area contributed by atoms with Crippen molar-refractivity contribution in [2.24, 2.45) is 0 Å². The molecule has 0 amide bonds. The number of nitriles is 1. The maximum absolute atomic E-state index is 15.1. The van der Waals surface area contributed by atoms with E-state index in [1.807, 2.05) is 42.5 Å². The van der Waals surface area contributed by atoms with Crippen LogP contribution in [0.4, 0.5) is 4.39 Å². The van der Waals surface area contributed by atoms with E-state index in [-0.39, 0.29) is 24.6 Å². The van der Waals surface area contributed by atoms with Gasteiger partial charge in [0, 0.05) is 48.2 Å². The van der Waals surface area contributed by atoms with Crippen molar-refractivity contribution in [1.29, 1.82) is 5.26 Å². The molecule has 6 rings (SSSR count). The topological polar surface area (TPSA) is 78.6 Å². The molecule has 1 fully saturated rings. The zero-order valence-electron chi connectivity index (χ0n) is 24.0. The largest absolute Gasteiger partial charge is 0.488 e. The van der Waals surface area contributed by atoms with Gasteiger partial charge in [0.05, 0.1) is 16.7 Å². The monoisotopic (exact) mass is 597 g/mol. The predicted octanol–water partition coefficient (Wildman–Crippen LogP) is 7.32. The summed E-state index contributed by atoms with van der Waals surface area (Å²) in [5, 5.41) is 20.0. The van der Waals surface area contributed by atoms with E-state index in [9.17, 15) is 10.4 Å². The molecule has 220 valence electrons. The minimum atomic E-state index is -0.350. The van der Waals surface area contributed by atoms with Crippen LogP contribution in [0.2, 0.25) is 5.02 Å². The second-order valence-corrected chi connectivity index (χ2v) is 11.8. The summed E-state index contributed by atoms with van der Waals surface area (Å²) in [6, 6.07) is 19.0. The van der Waals surface area contributed by atoms with Gasteiger partial charge < -0.3 is 14.6 Å². The molecular formula is C35H33ClFN3O3. The normalized spacial score (nSPS) is 18.2. The van der Waals surface area contributed by atoms with Gasteiger partial charge in [-0.3, -0.25) is 9.88 Å². The number of pyridine rings is 1. The second kappa shape index (κ2) is 12.7. The fourth-order valence-corrected chi connectivity index (χ4v) is 6.36. The number of aliphatic hydroxyl groups is 1. The Balaban J connectivity index is 1.29. The van der Waals surface area contributed by atoms with Crippen LogP contribution in [-0.4, -0.2) is 34.2 Å². The van der Waals surface area contributed by atoms with Gasteiger partial charge in [0.2, 0.25) is 0 Å². The molecule has 2 atom stereocenters. The van der Waals surface area contributed by atoms with Gasteiger partial charge in [-0.25, -0.2) is 4.39 Å². The summed E-state index contributed by atoms with van der Waals surface area (Å²) in [7, 11) is 0. The molecule has 1 aromatic heterocycles. The van der Waals surface area contributed by atoms with Crippen molar-refractivity contribution < 1.29 is 19.0 Å². The number of aromatic nitrogens is 1. The van der Waals surface area contributed by atoms with Crippen LogP contribution in [-0.2, 0) is 19.6 Å². The lowest BCUT2D eigenvalue weighted by Gasteiger charge is -2.30. The van der Waals surface area contributed by atoms with Crippen molar-refractivity contribution in [2.75, 3.05) is 13.1 Å². The molecule has 1 aliphatic carbocycles. The molecule has 0 bridgehead atoms. The maximum atomic E-state index is 15.1. The van der Waals surface area contributed by atoms with E-state index in [4.69, 9.17) is 21.1 Å². The molecule has 0 unspecified atom stereocenters. The Hall–Kier alpha value is -3.96. The molecular weight excluding hydrogens is 565 g/mol. The van der Waals surface area contributed by atoms with E-state index >= 15 is 4.39 Å². The molecule has 6 nitrogen and oxygen atoms in total. The van der Waals surface area contributed by atoms with Crippen molar-refractivity contribution in [3.8, 4) is 28.7 Å². The first-order valence-electron chi connectivity index (χ1n) is 14.6. The number of nitrogens with zero attached hydrogens (tertiary/aromatic N) is 3. The third kappa shape index (κ3) is 6.37. The number of likely N-dealkylation sites (tertiary alicyclic amines) is 1. The van der Waals surface area contributed by atoms with Crippen molar-refractivity contribution in [2.45, 2.75) is 58.0 Å². The van der Waals surface area contributed by atoms with E-state index in [1.54, 1.807) is 25.3 Å². The van der Waals surface area contributed by atoms with Crippen LogP contribution in [0.5, 0.6) is 11.5 Å². The summed E-state index contributed by atoms with van der Waals surface area (Å²) in [6.07, 6.45) is 5.84. The van der Waals surface area contributed by atoms with E-state index in [0.717, 1.165) is 60.0 Å². The number of benzene rings is 3. The standard InChI is InChI=1S/C35H33ClFN3O3/c1-22-5-2-9-30(35(22)37)27-7-3-8-29-28(27)10-11-32(29)43-34-15-33(42-21-24-13-23(16-38)17-39-18-24)25(14-31(34)36)19-40-12-4-6-26(41)20-40/h2-3,5,7-9,13-15,17-18,26,32,41H,4,6,10-12,19-21H2,1H3/t26-,32+/m1/s1. The average molecular weight is 598 g/mol. The number of halogens is 2. The lowest BCUT2D eigenvalue weighted by atomic mass is 9.95. The van der Waals surface area contributed by atoms with Gasteiger partial charge in [-0.2, -0.15) is 5.26 Å². The molecule has 1 aliphatic heterocycles. The molecule has 0 saturated carbocycles. The zero-order chi connectivity index (χ0) is 29.9. The van der Waals surface area contributed by atoms with Gasteiger partial charge in [-0.1, -0.05) is 48.0 Å². The van der Waals surface area contributed by atoms with Crippen molar-refractivity contribution in [3.63, 3.8) is 0 Å². The Labute approximate surface area is 256 Å². The highest BCUT2D eigenvalue weighted by Crippen LogP contribution is 2.43. The van der Waals surface area contributed by atoms with Crippen LogP contribution in [0, 0.1) is 24.1 Å². The summed E-state index contributed by atoms with van der Waals surface area (Å²) in [4.78, 5) is 6.34. The Morgan fingerprint density at radius 2 is 1.93 bits per heavy atom. The number of β-amino-alcohol motifs (C(OH)–C–C–N with tert-alkyl or cyclic N) is 1. The van der Waals surface area contributed by atoms with Crippen LogP contribution in [0.15, 0.2) is 67.0 Å². The number of piperidine rings is 1. The van der Waals surface area contributed by atoms with E-state index in [0.29, 0.717) is 46.3 Å². The fraction of sp³-hybridized carbons (Fsp3) is 0.314. The van der Waals surface area contributed by atoms with Gasteiger partial charge >= 0.3 is 0 Å². The molecule has 2 heterocycles. The maximum Gasteiger partial charge on any atom is 0.142 e. The molecule has 1 saturated heterocycles. The number of aryl methyl sites for hydroxylation is 1. The quantitative estimate of drug-likeness (QED) is 0.229. The van der Waals surface area contributed by atoms with E-state index in [2.05, 4.69) is 16.0 Å². The van der Waals surface area contributed by atoms with Gasteiger partial charge in [0.1, 0.15) is 36.1 Å². The van der Waals surface area contributed by atoms with Crippen molar-refractivity contribution in [3.05, 3.63) is 111 Å². The first-order valence-corrected chi connectivity index (χ1v) is 15.0. The summed E-state index contributed by atoms with van der Waals surface area (Å²) in [5.41, 5.74) is 6.37. The molecule has 0 radical (unpaired) electrons. The van der Waals surface area contributed by atoms with Crippen LogP contribution >= 0.6 is 11.6 Å². The summed E-state index contributed by atoms with van der Waals surface area (Å²) in [5.74, 6) is 0.932. The summed E-state index contributed by atoms with van der Waals surface area (Å²) >= 11 is 6.83. The van der Waals surface area contributed by atoms with Crippen LogP contribution in [0.3, 0.4) is 0 Å². The zero-order valence-corrected chi connectivity index (χ0v) is 24.8. The van der Waals surface area contributed by atoms with Crippen molar-refractivity contribution >= 4 is 11.6 Å². The van der Waals surface area contributed by atoms with Crippen LogP contribution in [0.25, 0.3) is 11.1 Å². The number of rotatable bonds is 8. The Morgan fingerprint density at radius 1 is 1.09 bits per heavy atom. The average Bonchev–Trinajstić information content (AvgIpc) is 3.42. The lowest BCUT2D eigenvalue weighted by molar-refractivity contribution is 0.0662. The number of hydrogen-bond acceptors (Lipinski definition) is 6. The highest BCUT2D eigenvalue weighted by atomic mass is 35.5. The predicted molar refractivity (Wildman–Crippen MR) is 164 cm³/mol. The first kappa shape index (κ1) is 29.1. The Bertz CT molecular complexity index is 1690. The number of fused-ring (bicyclic) bond motifs is 1. The van der Waals surface area contributed by atoms with Gasteiger partial charge in [0.25, 0.3) is 0 Å². The van der Waals surface area contributed by atoms with E-state index in [1.165, 1.54) is 6.20 Å². The minimum absolute atomic E-state index is 0.197. The lowest BCUT2D eigenvalue weighted by Crippen LogP contribution is -2.37. The van der Waals surface area contributed by atoms with Crippen LogP contribution < -0.4 is 9.47 Å². The van der Waals surface area contributed by atoms with Gasteiger partial charge in [-0.05, 0) is 73.5 Å². The molecule has 3 aromatic carbocycles. The fourth-order valence-electron chi connectivity index (χ4n) is 6.13. The number of ether oxygens (including phenoxy) is 2. The number of hydrogen-bond donors (Lipinski definition) is 1. The molecule has 8 heteroatoms. The molecule has 4 aromatic rings. The third-order valence-electron chi connectivity index (χ3n) is 8.27. The Kier molecular flexibility index (Phi) is 8.62. The van der Waals surface area contributed by atoms with Crippen LogP contribution in [0.1, 0.15) is 58.7 Å². The summed E-state index contributed by atoms with van der Waals surface area (Å²) < 4.78 is 27.9. The van der Waals surface area contributed by atoms with E-state index < -0.39 is 0 Å². The first-order chi connectivity index (χ1) is 20.9. The van der Waals surface area contributed by atoms with Gasteiger partial charge in [0.15, 0.2) is 0 Å². The SMILES string of the molecule is Cc1cccc(-c2cccc3c2CC[C@@H]3Oc2cc(OCc3cncc(C#N)c3)c(CN3CCC[C@@H](O)C3)cc2Cl)c1F. The highest BCUT2D eigenvalue weighted by molar-refractivity contribution is 6.32. The summed E-state index contributed by atoms with van der Waals surface area (Å²) in [6.45, 7) is 4.04. The highest BCUT2D eigenvalue weighted by Gasteiger charge is 2.29. The van der Waals surface area contributed by atoms with Crippen molar-refractivity contribution in [1.82, 2.24) is 9.88 Å². The third-order valence-corrected chi connectivity index (χ3v) is 8.57. The molecule has 1 N–H and O–H groups in total. The second-order valence-electron chi connectivity index (χ2n) is 11.4. The van der Waals surface area contributed by atoms with Gasteiger partial charge in [-0.15, -0.1) is 0 Å². The minimum Gasteiger partial charge on any atom is -0.488 e. The molecule has 2 aliphatic rings. The molecule has 0 spiro atoms.